The van der Waals surface area contributed by atoms with Gasteiger partial charge < -0.3 is 15.4 Å². The van der Waals surface area contributed by atoms with E-state index in [0.717, 1.165) is 33.6 Å². The molecule has 0 aliphatic carbocycles. The summed E-state index contributed by atoms with van der Waals surface area (Å²) >= 11 is 0. The molecular weight excluding hydrogens is 374 g/mol. The Balaban J connectivity index is 1.77. The van der Waals surface area contributed by atoms with Crippen molar-refractivity contribution in [1.82, 2.24) is 4.98 Å². The molecule has 0 bridgehead atoms. The van der Waals surface area contributed by atoms with Crippen LogP contribution in [0.4, 0.5) is 5.82 Å². The van der Waals surface area contributed by atoms with Crippen molar-refractivity contribution in [2.24, 2.45) is 5.73 Å². The zero-order valence-electron chi connectivity index (χ0n) is 15.8. The van der Waals surface area contributed by atoms with Crippen molar-refractivity contribution in [2.45, 2.75) is 18.4 Å². The fourth-order valence-corrected chi connectivity index (χ4v) is 5.07. The van der Waals surface area contributed by atoms with Crippen LogP contribution in [0.3, 0.4) is 0 Å². The number of pyridine rings is 1. The predicted molar refractivity (Wildman–Crippen MR) is 115 cm³/mol. The van der Waals surface area contributed by atoms with E-state index in [9.17, 15) is 9.11 Å². The van der Waals surface area contributed by atoms with Gasteiger partial charge in [-0.25, -0.2) is 4.98 Å². The van der Waals surface area contributed by atoms with E-state index < -0.39 is 10.6 Å². The third kappa shape index (κ3) is 3.66. The molecule has 0 atom stereocenters. The zero-order chi connectivity index (χ0) is 19.7. The third-order valence-electron chi connectivity index (χ3n) is 4.94. The van der Waals surface area contributed by atoms with Crippen LogP contribution in [0.25, 0.3) is 10.9 Å². The van der Waals surface area contributed by atoms with Gasteiger partial charge in [0.05, 0.1) is 16.2 Å². The Morgan fingerprint density at radius 2 is 2.00 bits per heavy atom. The molecule has 0 spiro atoms. The number of aryl methyl sites for hydroxylation is 1. The summed E-state index contributed by atoms with van der Waals surface area (Å²) in [6.45, 7) is 3.96. The Bertz CT molecular complexity index is 1010. The summed E-state index contributed by atoms with van der Waals surface area (Å²) in [6.07, 6.45) is 0. The molecule has 0 saturated carbocycles. The van der Waals surface area contributed by atoms with Gasteiger partial charge in [-0.3, -0.25) is 9.11 Å². The summed E-state index contributed by atoms with van der Waals surface area (Å²) in [5.74, 6) is 1.78. The van der Waals surface area contributed by atoms with Gasteiger partial charge in [0.15, 0.2) is 0 Å². The quantitative estimate of drug-likeness (QED) is 0.614. The van der Waals surface area contributed by atoms with Crippen molar-refractivity contribution in [2.75, 3.05) is 30.3 Å². The molecule has 4 rings (SSSR count). The van der Waals surface area contributed by atoms with Crippen molar-refractivity contribution < 1.29 is 13.8 Å². The maximum atomic E-state index is 10.6. The molecule has 0 amide bonds. The van der Waals surface area contributed by atoms with E-state index in [2.05, 4.69) is 11.0 Å². The first-order chi connectivity index (χ1) is 13.5. The van der Waals surface area contributed by atoms with Crippen LogP contribution in [0.1, 0.15) is 11.1 Å². The fraction of sp³-hybridized carbons (Fsp3) is 0.286. The lowest BCUT2D eigenvalue weighted by atomic mass is 10.1. The van der Waals surface area contributed by atoms with Gasteiger partial charge in [-0.1, -0.05) is 29.8 Å². The number of anilines is 1. The summed E-state index contributed by atoms with van der Waals surface area (Å²) in [6, 6.07) is 15.5. The number of hydrogen-bond donors (Lipinski definition) is 3. The van der Waals surface area contributed by atoms with Gasteiger partial charge in [0.1, 0.15) is 18.2 Å². The number of nitrogens with two attached hydrogens (primary N) is 1. The lowest BCUT2D eigenvalue weighted by molar-refractivity contribution is 0.332. The van der Waals surface area contributed by atoms with E-state index in [1.807, 2.05) is 43.3 Å². The second kappa shape index (κ2) is 7.60. The number of nitrogens with zero attached hydrogens (tertiary/aromatic N) is 2. The molecule has 0 radical (unpaired) electrons. The van der Waals surface area contributed by atoms with Gasteiger partial charge >= 0.3 is 0 Å². The molecule has 0 fully saturated rings. The Kier molecular flexibility index (Phi) is 5.16. The maximum absolute atomic E-state index is 10.6. The minimum Gasteiger partial charge on any atom is -0.491 e. The number of benzene rings is 2. The highest BCUT2D eigenvalue weighted by Crippen LogP contribution is 2.51. The van der Waals surface area contributed by atoms with E-state index >= 15 is 0 Å². The highest BCUT2D eigenvalue weighted by molar-refractivity contribution is 8.24. The largest absolute Gasteiger partial charge is 0.491 e. The molecular formula is C21H25N3O3S. The number of ether oxygens (including phenoxy) is 1. The molecule has 1 aliphatic rings. The highest BCUT2D eigenvalue weighted by Gasteiger charge is 2.26. The summed E-state index contributed by atoms with van der Waals surface area (Å²) in [4.78, 5) is 7.54. The molecule has 4 N–H and O–H groups in total. The second-order valence-electron chi connectivity index (χ2n) is 7.04. The van der Waals surface area contributed by atoms with Crippen molar-refractivity contribution in [3.8, 4) is 5.75 Å². The maximum Gasteiger partial charge on any atom is 0.133 e. The monoisotopic (exact) mass is 399 g/mol. The Labute approximate surface area is 166 Å². The molecule has 2 heterocycles. The zero-order valence-corrected chi connectivity index (χ0v) is 16.7. The lowest BCUT2D eigenvalue weighted by Crippen LogP contribution is -2.26. The third-order valence-corrected chi connectivity index (χ3v) is 6.80. The standard InChI is InChI=1S/C21H25N3O3S/c1-15-6-7-18-17(12-15)19(27-10-8-22)13-21(23-18)24-9-11-28(25,26)20-5-3-2-4-16(20)14-24/h2-7,12-13,25-26H,8-11,14,22H2,1H3. The van der Waals surface area contributed by atoms with Gasteiger partial charge in [-0.15, -0.1) is 0 Å². The van der Waals surface area contributed by atoms with E-state index in [0.29, 0.717) is 31.1 Å². The molecule has 1 aromatic heterocycles. The van der Waals surface area contributed by atoms with Crippen molar-refractivity contribution in [3.05, 3.63) is 59.7 Å². The van der Waals surface area contributed by atoms with Crippen LogP contribution in [-0.2, 0) is 6.54 Å². The number of aromatic nitrogens is 1. The Hall–Kier alpha value is -2.32. The molecule has 6 nitrogen and oxygen atoms in total. The SMILES string of the molecule is Cc1ccc2nc(N3CCS(O)(O)c4ccccc4C3)cc(OCCN)c2c1. The van der Waals surface area contributed by atoms with Gasteiger partial charge in [0.25, 0.3) is 0 Å². The molecule has 0 unspecified atom stereocenters. The molecule has 7 heteroatoms. The topological polar surface area (TPSA) is 91.8 Å². The van der Waals surface area contributed by atoms with E-state index in [1.54, 1.807) is 6.07 Å². The Morgan fingerprint density at radius 3 is 2.82 bits per heavy atom. The average Bonchev–Trinajstić information content (AvgIpc) is 2.82. The van der Waals surface area contributed by atoms with Crippen LogP contribution in [0.15, 0.2) is 53.4 Å². The van der Waals surface area contributed by atoms with Crippen molar-refractivity contribution in [1.29, 1.82) is 0 Å². The average molecular weight is 400 g/mol. The van der Waals surface area contributed by atoms with Gasteiger partial charge in [-0.2, -0.15) is 10.6 Å². The molecule has 148 valence electrons. The summed E-state index contributed by atoms with van der Waals surface area (Å²) in [7, 11) is -2.81. The fourth-order valence-electron chi connectivity index (χ4n) is 3.53. The lowest BCUT2D eigenvalue weighted by Gasteiger charge is -2.32. The predicted octanol–water partition coefficient (Wildman–Crippen LogP) is 4.01. The molecule has 0 saturated heterocycles. The minimum absolute atomic E-state index is 0.274. The molecule has 3 aromatic rings. The van der Waals surface area contributed by atoms with Crippen molar-refractivity contribution in [3.63, 3.8) is 0 Å². The molecule has 28 heavy (non-hydrogen) atoms. The smallest absolute Gasteiger partial charge is 0.133 e. The van der Waals surface area contributed by atoms with E-state index in [-0.39, 0.29) is 5.75 Å². The summed E-state index contributed by atoms with van der Waals surface area (Å²) < 4.78 is 27.1. The van der Waals surface area contributed by atoms with E-state index in [4.69, 9.17) is 15.5 Å². The van der Waals surface area contributed by atoms with Crippen LogP contribution in [0.5, 0.6) is 5.75 Å². The molecule has 1 aliphatic heterocycles. The first kappa shape index (κ1) is 19.0. The number of rotatable bonds is 4. The van der Waals surface area contributed by atoms with Crippen LogP contribution >= 0.6 is 10.6 Å². The Morgan fingerprint density at radius 1 is 1.18 bits per heavy atom. The minimum atomic E-state index is -2.81. The first-order valence-electron chi connectivity index (χ1n) is 9.31. The van der Waals surface area contributed by atoms with Gasteiger partial charge in [0, 0.05) is 31.1 Å². The van der Waals surface area contributed by atoms with Gasteiger partial charge in [0.2, 0.25) is 0 Å². The van der Waals surface area contributed by atoms with Crippen LogP contribution in [0.2, 0.25) is 0 Å². The summed E-state index contributed by atoms with van der Waals surface area (Å²) in [5, 5.41) is 0.955. The first-order valence-corrected chi connectivity index (χ1v) is 11.0. The van der Waals surface area contributed by atoms with Crippen molar-refractivity contribution >= 4 is 27.3 Å². The summed E-state index contributed by atoms with van der Waals surface area (Å²) in [5.41, 5.74) is 8.53. The number of hydrogen-bond acceptors (Lipinski definition) is 6. The van der Waals surface area contributed by atoms with Crippen LogP contribution in [0, 0.1) is 6.92 Å². The molecule has 2 aromatic carbocycles. The van der Waals surface area contributed by atoms with Crippen LogP contribution in [-0.4, -0.2) is 39.5 Å². The van der Waals surface area contributed by atoms with Gasteiger partial charge in [-0.05, 0) is 30.7 Å². The number of fused-ring (bicyclic) bond motifs is 2. The van der Waals surface area contributed by atoms with E-state index in [1.165, 1.54) is 0 Å². The second-order valence-corrected chi connectivity index (χ2v) is 9.22. The normalized spacial score (nSPS) is 17.1. The van der Waals surface area contributed by atoms with Crippen LogP contribution < -0.4 is 15.4 Å². The highest BCUT2D eigenvalue weighted by atomic mass is 32.3.